The van der Waals surface area contributed by atoms with Gasteiger partial charge < -0.3 is 15.2 Å². The molecule has 0 aromatic heterocycles. The summed E-state index contributed by atoms with van der Waals surface area (Å²) >= 11 is 0. The van der Waals surface area contributed by atoms with Gasteiger partial charge in [-0.25, -0.2) is 0 Å². The lowest BCUT2D eigenvalue weighted by Crippen LogP contribution is -2.22. The van der Waals surface area contributed by atoms with E-state index in [1.807, 2.05) is 19.1 Å². The minimum absolute atomic E-state index is 0.152. The van der Waals surface area contributed by atoms with Gasteiger partial charge in [0, 0.05) is 12.6 Å². The monoisotopic (exact) mass is 263 g/mol. The first kappa shape index (κ1) is 15.1. The lowest BCUT2D eigenvalue weighted by molar-refractivity contribution is -0.116. The minimum atomic E-state index is -0.152. The highest BCUT2D eigenvalue weighted by atomic mass is 16.5. The van der Waals surface area contributed by atoms with Crippen LogP contribution < -0.4 is 10.1 Å². The zero-order chi connectivity index (χ0) is 14.1. The number of phenolic OH excluding ortho intramolecular Hbond substituents is 1. The fraction of sp³-hybridized carbons (Fsp3) is 0.400. The van der Waals surface area contributed by atoms with Crippen LogP contribution in [0.4, 0.5) is 0 Å². The van der Waals surface area contributed by atoms with E-state index in [1.165, 1.54) is 6.08 Å². The zero-order valence-corrected chi connectivity index (χ0v) is 11.3. The van der Waals surface area contributed by atoms with Gasteiger partial charge in [0.15, 0.2) is 0 Å². The fourth-order valence-electron chi connectivity index (χ4n) is 1.63. The molecule has 0 aliphatic carbocycles. The highest BCUT2D eigenvalue weighted by Gasteiger charge is 2.01. The summed E-state index contributed by atoms with van der Waals surface area (Å²) < 4.78 is 5.53. The predicted octanol–water partition coefficient (Wildman–Crippen LogP) is 2.42. The van der Waals surface area contributed by atoms with Gasteiger partial charge in [-0.3, -0.25) is 4.79 Å². The number of phenols is 1. The standard InChI is InChI=1S/C15H21NO3/c1-3-12-7-8-13(11-14(12)17)19-10-6-5-9-16-15(18)4-2/h4,7-8,11,17H,2-3,5-6,9-10H2,1H3,(H,16,18). The maximum Gasteiger partial charge on any atom is 0.243 e. The summed E-state index contributed by atoms with van der Waals surface area (Å²) in [6.07, 6.45) is 3.75. The Morgan fingerprint density at radius 1 is 1.47 bits per heavy atom. The predicted molar refractivity (Wildman–Crippen MR) is 75.4 cm³/mol. The van der Waals surface area contributed by atoms with Gasteiger partial charge in [0.25, 0.3) is 0 Å². The van der Waals surface area contributed by atoms with E-state index in [9.17, 15) is 9.90 Å². The van der Waals surface area contributed by atoms with Crippen LogP contribution in [0.2, 0.25) is 0 Å². The van der Waals surface area contributed by atoms with Crippen molar-refractivity contribution in [3.8, 4) is 11.5 Å². The van der Waals surface area contributed by atoms with Crippen molar-refractivity contribution >= 4 is 5.91 Å². The molecule has 1 aromatic rings. The van der Waals surface area contributed by atoms with E-state index >= 15 is 0 Å². The zero-order valence-electron chi connectivity index (χ0n) is 11.3. The molecule has 0 saturated heterocycles. The molecule has 0 unspecified atom stereocenters. The molecule has 4 heteroatoms. The van der Waals surface area contributed by atoms with E-state index in [2.05, 4.69) is 11.9 Å². The molecule has 19 heavy (non-hydrogen) atoms. The first-order chi connectivity index (χ1) is 9.17. The van der Waals surface area contributed by atoms with E-state index in [0.29, 0.717) is 18.9 Å². The second kappa shape index (κ2) is 8.19. The van der Waals surface area contributed by atoms with E-state index in [-0.39, 0.29) is 11.7 Å². The van der Waals surface area contributed by atoms with Crippen molar-refractivity contribution in [1.29, 1.82) is 0 Å². The SMILES string of the molecule is C=CC(=O)NCCCCOc1ccc(CC)c(O)c1. The molecule has 1 amide bonds. The average Bonchev–Trinajstić information content (AvgIpc) is 2.42. The highest BCUT2D eigenvalue weighted by Crippen LogP contribution is 2.23. The fourth-order valence-corrected chi connectivity index (χ4v) is 1.63. The number of hydrogen-bond acceptors (Lipinski definition) is 3. The number of amides is 1. The number of nitrogens with one attached hydrogen (secondary N) is 1. The molecule has 104 valence electrons. The summed E-state index contributed by atoms with van der Waals surface area (Å²) in [7, 11) is 0. The molecule has 1 aromatic carbocycles. The quantitative estimate of drug-likeness (QED) is 0.559. The highest BCUT2D eigenvalue weighted by molar-refractivity contribution is 5.86. The van der Waals surface area contributed by atoms with Crippen molar-refractivity contribution < 1.29 is 14.6 Å². The largest absolute Gasteiger partial charge is 0.508 e. The smallest absolute Gasteiger partial charge is 0.243 e. The Labute approximate surface area is 114 Å². The van der Waals surface area contributed by atoms with Crippen LogP contribution in [0.1, 0.15) is 25.3 Å². The van der Waals surface area contributed by atoms with Gasteiger partial charge in [0.05, 0.1) is 6.61 Å². The number of rotatable bonds is 8. The molecule has 0 heterocycles. The van der Waals surface area contributed by atoms with Crippen molar-refractivity contribution in [2.75, 3.05) is 13.2 Å². The number of carbonyl (C=O) groups is 1. The maximum atomic E-state index is 10.9. The van der Waals surface area contributed by atoms with E-state index in [4.69, 9.17) is 4.74 Å². The number of aryl methyl sites for hydroxylation is 1. The summed E-state index contributed by atoms with van der Waals surface area (Å²) in [6.45, 7) is 6.55. The molecule has 1 rings (SSSR count). The van der Waals surface area contributed by atoms with Crippen molar-refractivity contribution in [1.82, 2.24) is 5.32 Å². The van der Waals surface area contributed by atoms with Crippen LogP contribution in [0.3, 0.4) is 0 Å². The first-order valence-electron chi connectivity index (χ1n) is 6.52. The van der Waals surface area contributed by atoms with Crippen LogP contribution in [0.25, 0.3) is 0 Å². The summed E-state index contributed by atoms with van der Waals surface area (Å²) in [6, 6.07) is 5.37. The van der Waals surface area contributed by atoms with E-state index in [0.717, 1.165) is 24.8 Å². The van der Waals surface area contributed by atoms with Crippen LogP contribution in [0.15, 0.2) is 30.9 Å². The van der Waals surface area contributed by atoms with Gasteiger partial charge >= 0.3 is 0 Å². The van der Waals surface area contributed by atoms with Crippen molar-refractivity contribution in [2.45, 2.75) is 26.2 Å². The van der Waals surface area contributed by atoms with Crippen molar-refractivity contribution in [3.63, 3.8) is 0 Å². The molecule has 0 aliphatic rings. The first-order valence-corrected chi connectivity index (χ1v) is 6.52. The summed E-state index contributed by atoms with van der Waals surface area (Å²) in [5.74, 6) is 0.795. The molecule has 0 fully saturated rings. The van der Waals surface area contributed by atoms with Gasteiger partial charge in [0.2, 0.25) is 5.91 Å². The Morgan fingerprint density at radius 3 is 2.89 bits per heavy atom. The summed E-state index contributed by atoms with van der Waals surface area (Å²) in [4.78, 5) is 10.9. The third kappa shape index (κ3) is 5.46. The molecule has 0 spiro atoms. The van der Waals surface area contributed by atoms with Crippen LogP contribution in [-0.2, 0) is 11.2 Å². The van der Waals surface area contributed by atoms with Crippen molar-refractivity contribution in [2.24, 2.45) is 0 Å². The van der Waals surface area contributed by atoms with Gasteiger partial charge in [-0.05, 0) is 37.0 Å². The Balaban J connectivity index is 2.21. The topological polar surface area (TPSA) is 58.6 Å². The Morgan fingerprint density at radius 2 is 2.26 bits per heavy atom. The summed E-state index contributed by atoms with van der Waals surface area (Å²) in [5.41, 5.74) is 0.916. The molecule has 0 aliphatic heterocycles. The third-order valence-corrected chi connectivity index (χ3v) is 2.76. The molecule has 0 bridgehead atoms. The second-order valence-corrected chi connectivity index (χ2v) is 4.19. The number of ether oxygens (including phenoxy) is 1. The molecule has 4 nitrogen and oxygen atoms in total. The lowest BCUT2D eigenvalue weighted by Gasteiger charge is -2.08. The molecule has 0 saturated carbocycles. The van der Waals surface area contributed by atoms with Gasteiger partial charge in [0.1, 0.15) is 11.5 Å². The maximum absolute atomic E-state index is 10.9. The van der Waals surface area contributed by atoms with Crippen LogP contribution in [0.5, 0.6) is 11.5 Å². The van der Waals surface area contributed by atoms with Crippen LogP contribution >= 0.6 is 0 Å². The minimum Gasteiger partial charge on any atom is -0.508 e. The van der Waals surface area contributed by atoms with Crippen LogP contribution in [0, 0.1) is 0 Å². The Bertz CT molecular complexity index is 429. The average molecular weight is 263 g/mol. The summed E-state index contributed by atoms with van der Waals surface area (Å²) in [5, 5.41) is 12.4. The number of hydrogen-bond donors (Lipinski definition) is 2. The normalized spacial score (nSPS) is 9.95. The molecule has 0 radical (unpaired) electrons. The number of unbranched alkanes of at least 4 members (excludes halogenated alkanes) is 1. The molecule has 0 atom stereocenters. The van der Waals surface area contributed by atoms with Gasteiger partial charge in [-0.15, -0.1) is 0 Å². The second-order valence-electron chi connectivity index (χ2n) is 4.19. The van der Waals surface area contributed by atoms with Crippen molar-refractivity contribution in [3.05, 3.63) is 36.4 Å². The third-order valence-electron chi connectivity index (χ3n) is 2.76. The van der Waals surface area contributed by atoms with Gasteiger partial charge in [-0.1, -0.05) is 19.6 Å². The Hall–Kier alpha value is -1.97. The number of carbonyl (C=O) groups excluding carboxylic acids is 1. The lowest BCUT2D eigenvalue weighted by atomic mass is 10.1. The molecule has 2 N–H and O–H groups in total. The molecular weight excluding hydrogens is 242 g/mol. The van der Waals surface area contributed by atoms with E-state index < -0.39 is 0 Å². The Kier molecular flexibility index (Phi) is 6.50. The number of aromatic hydroxyl groups is 1. The van der Waals surface area contributed by atoms with Gasteiger partial charge in [-0.2, -0.15) is 0 Å². The van der Waals surface area contributed by atoms with E-state index in [1.54, 1.807) is 6.07 Å². The number of benzene rings is 1. The molecular formula is C15H21NO3. The van der Waals surface area contributed by atoms with Crippen LogP contribution in [-0.4, -0.2) is 24.2 Å².